The van der Waals surface area contributed by atoms with E-state index in [1.54, 1.807) is 13.0 Å². The Labute approximate surface area is 70.3 Å². The van der Waals surface area contributed by atoms with Crippen molar-refractivity contribution >= 4 is 0 Å². The fourth-order valence-electron chi connectivity index (χ4n) is 1.27. The Morgan fingerprint density at radius 3 is 2.67 bits per heavy atom. The standard InChI is InChI=1S/C8H16NO.CH3.Lr/c1-7-3-4-8(6-10-2)9-5-7;;/h8-9H,3-6H2,1-2H3;1H3;/q2*-1;. The first kappa shape index (κ1) is 13.5. The summed E-state index contributed by atoms with van der Waals surface area (Å²) < 4.78 is 5.04. The quantitative estimate of drug-likeness (QED) is 0.685. The molecule has 1 radical (unpaired) electrons. The summed E-state index contributed by atoms with van der Waals surface area (Å²) in [7, 11) is 1.76. The molecule has 1 fully saturated rings. The number of rotatable bonds is 2. The van der Waals surface area contributed by atoms with Crippen molar-refractivity contribution in [2.24, 2.45) is 0 Å². The zero-order valence-corrected chi connectivity index (χ0v) is 10.2. The Balaban J connectivity index is 0. The van der Waals surface area contributed by atoms with Gasteiger partial charge < -0.3 is 23.4 Å². The van der Waals surface area contributed by atoms with Gasteiger partial charge in [-0.2, -0.15) is 13.3 Å². The maximum atomic E-state index is 5.04. The number of ether oxygens (including phenoxy) is 1. The normalized spacial score (nSPS) is 24.0. The maximum absolute atomic E-state index is 5.04. The van der Waals surface area contributed by atoms with Crippen LogP contribution in [0.2, 0.25) is 0 Å². The fourth-order valence-corrected chi connectivity index (χ4v) is 1.27. The Morgan fingerprint density at radius 2 is 2.25 bits per heavy atom. The first-order valence-electron chi connectivity index (χ1n) is 3.86. The summed E-state index contributed by atoms with van der Waals surface area (Å²) in [6, 6.07) is 0.591. The van der Waals surface area contributed by atoms with E-state index < -0.39 is 0 Å². The minimum Gasteiger partial charge on any atom is -0.383 e. The van der Waals surface area contributed by atoms with Crippen molar-refractivity contribution in [3.8, 4) is 0 Å². The molecule has 1 aliphatic rings. The zero-order valence-electron chi connectivity index (χ0n) is 8.07. The predicted molar refractivity (Wildman–Crippen MR) is 48.2 cm³/mol. The second kappa shape index (κ2) is 6.62. The monoisotopic (exact) mass is 419 g/mol. The topological polar surface area (TPSA) is 21.3 Å². The van der Waals surface area contributed by atoms with Crippen molar-refractivity contribution in [1.29, 1.82) is 0 Å². The van der Waals surface area contributed by atoms with E-state index in [9.17, 15) is 0 Å². The van der Waals surface area contributed by atoms with Crippen molar-refractivity contribution in [2.45, 2.75) is 25.8 Å². The molecule has 1 aliphatic heterocycles. The van der Waals surface area contributed by atoms with Crippen molar-refractivity contribution < 1.29 is 4.74 Å². The molecule has 0 saturated carbocycles. The summed E-state index contributed by atoms with van der Waals surface area (Å²) in [5.74, 6) is 1.56. The van der Waals surface area contributed by atoms with E-state index in [2.05, 4.69) is 12.2 Å². The molecular formula is C9H19LrNO-2. The molecule has 1 unspecified atom stereocenters. The van der Waals surface area contributed by atoms with Crippen LogP contribution in [0.3, 0.4) is 0 Å². The molecule has 12 heavy (non-hydrogen) atoms. The summed E-state index contributed by atoms with van der Waals surface area (Å²) in [6.45, 7) is 4.14. The number of nitrogens with one attached hydrogen (secondary N) is 1. The molecule has 0 aromatic heterocycles. The molecule has 0 spiro atoms. The molecule has 0 bridgehead atoms. The van der Waals surface area contributed by atoms with E-state index in [1.165, 1.54) is 12.8 Å². The minimum atomic E-state index is 0. The van der Waals surface area contributed by atoms with Gasteiger partial charge in [0.1, 0.15) is 0 Å². The Hall–Kier alpha value is -1.08. The second-order valence-corrected chi connectivity index (χ2v) is 3.03. The van der Waals surface area contributed by atoms with Crippen molar-refractivity contribution in [1.82, 2.24) is 5.32 Å². The number of methoxy groups -OCH3 is 1. The number of hydrogen-bond acceptors (Lipinski definition) is 2. The molecule has 1 atom stereocenters. The Kier molecular flexibility index (Phi) is 7.45. The van der Waals surface area contributed by atoms with E-state index in [0.717, 1.165) is 13.2 Å². The van der Waals surface area contributed by atoms with Crippen LogP contribution in [0.25, 0.3) is 0 Å². The smallest absolute Gasteiger partial charge is 0.0613 e. The van der Waals surface area contributed by atoms with Crippen LogP contribution in [-0.4, -0.2) is 26.3 Å². The third-order valence-electron chi connectivity index (χ3n) is 1.98. The van der Waals surface area contributed by atoms with Gasteiger partial charge in [-0.15, -0.1) is 6.54 Å². The van der Waals surface area contributed by atoms with Crippen LogP contribution in [0.1, 0.15) is 19.8 Å². The van der Waals surface area contributed by atoms with Crippen LogP contribution in [0.15, 0.2) is 0 Å². The van der Waals surface area contributed by atoms with Crippen molar-refractivity contribution in [3.63, 3.8) is 0 Å². The van der Waals surface area contributed by atoms with Crippen molar-refractivity contribution in [3.05, 3.63) is 13.3 Å². The average Bonchev–Trinajstić information content (AvgIpc) is 1.95. The van der Waals surface area contributed by atoms with Gasteiger partial charge in [0.25, 0.3) is 0 Å². The third-order valence-corrected chi connectivity index (χ3v) is 1.98. The van der Waals surface area contributed by atoms with Gasteiger partial charge in [0.2, 0.25) is 0 Å². The van der Waals surface area contributed by atoms with Gasteiger partial charge in [-0.1, -0.05) is 6.42 Å². The summed E-state index contributed by atoms with van der Waals surface area (Å²) in [5.41, 5.74) is 0. The van der Waals surface area contributed by atoms with Gasteiger partial charge in [0, 0.05) is 13.2 Å². The van der Waals surface area contributed by atoms with Crippen molar-refractivity contribution in [2.75, 3.05) is 20.3 Å². The molecule has 1 rings (SSSR count). The molecule has 0 aromatic carbocycles. The Bertz CT molecular complexity index is 92.5. The van der Waals surface area contributed by atoms with E-state index in [1.807, 2.05) is 0 Å². The van der Waals surface area contributed by atoms with Gasteiger partial charge in [-0.3, -0.25) is 0 Å². The van der Waals surface area contributed by atoms with Crippen LogP contribution >= 0.6 is 0 Å². The molecule has 2 nitrogen and oxygen atoms in total. The molecule has 3 heteroatoms. The average molecular weight is 419 g/mol. The van der Waals surface area contributed by atoms with Gasteiger partial charge in [-0.05, 0) is 0 Å². The first-order valence-corrected chi connectivity index (χ1v) is 3.86. The van der Waals surface area contributed by atoms with Gasteiger partial charge in [-0.25, -0.2) is 0 Å². The summed E-state index contributed by atoms with van der Waals surface area (Å²) in [4.78, 5) is 0. The summed E-state index contributed by atoms with van der Waals surface area (Å²) in [6.07, 6.45) is 2.50. The molecule has 1 N–H and O–H groups in total. The van der Waals surface area contributed by atoms with E-state index in [0.29, 0.717) is 6.04 Å². The number of hydrogen-bond donors (Lipinski definition) is 1. The van der Waals surface area contributed by atoms with Crippen LogP contribution < -0.4 is 5.32 Å². The minimum absolute atomic E-state index is 0. The predicted octanol–water partition coefficient (Wildman–Crippen LogP) is 1.43. The maximum Gasteiger partial charge on any atom is 0.0613 e. The zero-order chi connectivity index (χ0) is 7.40. The van der Waals surface area contributed by atoms with E-state index >= 15 is 0 Å². The SMILES string of the molecule is COCC1CC[C-](C)CN1.[CH3-].[Lr]. The summed E-state index contributed by atoms with van der Waals surface area (Å²) >= 11 is 0. The molecule has 0 aliphatic carbocycles. The summed E-state index contributed by atoms with van der Waals surface area (Å²) in [5, 5.41) is 3.41. The van der Waals surface area contributed by atoms with E-state index in [-0.39, 0.29) is 7.43 Å². The Morgan fingerprint density at radius 1 is 1.58 bits per heavy atom. The van der Waals surface area contributed by atoms with Gasteiger partial charge >= 0.3 is 0 Å². The van der Waals surface area contributed by atoms with Gasteiger partial charge in [0.15, 0.2) is 0 Å². The fraction of sp³-hybridized carbons (Fsp3) is 0.778. The second-order valence-electron chi connectivity index (χ2n) is 3.03. The van der Waals surface area contributed by atoms with Crippen LogP contribution in [0, 0.1) is 13.3 Å². The molecule has 0 aromatic rings. The van der Waals surface area contributed by atoms with Crippen LogP contribution in [0.4, 0.5) is 0 Å². The largest absolute Gasteiger partial charge is 0.383 e. The van der Waals surface area contributed by atoms with Crippen LogP contribution in [-0.2, 0) is 4.74 Å². The molecule has 83 valence electrons. The third kappa shape index (κ3) is 3.94. The molecule has 0 amide bonds. The van der Waals surface area contributed by atoms with Gasteiger partial charge in [0.05, 0.1) is 6.61 Å². The first-order chi connectivity index (χ1) is 4.83. The molecular weight excluding hydrogens is 400 g/mol. The van der Waals surface area contributed by atoms with Crippen LogP contribution in [0.5, 0.6) is 0 Å². The molecule has 1 heterocycles. The van der Waals surface area contributed by atoms with E-state index in [4.69, 9.17) is 4.74 Å². The number of piperidine rings is 1. The molecule has 1 saturated heterocycles.